The summed E-state index contributed by atoms with van der Waals surface area (Å²) in [5.41, 5.74) is 5.52. The highest BCUT2D eigenvalue weighted by Crippen LogP contribution is 2.25. The van der Waals surface area contributed by atoms with E-state index in [9.17, 15) is 24.3 Å². The molecule has 0 saturated heterocycles. The van der Waals surface area contributed by atoms with Gasteiger partial charge in [-0.3, -0.25) is 19.3 Å². The molecule has 40 heavy (non-hydrogen) atoms. The lowest BCUT2D eigenvalue weighted by atomic mass is 10.0. The lowest BCUT2D eigenvalue weighted by Gasteiger charge is -2.27. The molecule has 0 saturated carbocycles. The number of amides is 2. The van der Waals surface area contributed by atoms with Gasteiger partial charge in [-0.2, -0.15) is 0 Å². The first kappa shape index (κ1) is 38.7. The predicted molar refractivity (Wildman–Crippen MR) is 167 cm³/mol. The van der Waals surface area contributed by atoms with Crippen molar-refractivity contribution in [1.82, 2.24) is 4.90 Å². The zero-order chi connectivity index (χ0) is 30.0. The average molecular weight is 605 g/mol. The third-order valence-electron chi connectivity index (χ3n) is 7.00. The minimum absolute atomic E-state index is 0.0145. The lowest BCUT2D eigenvalue weighted by molar-refractivity contribution is -0.157. The summed E-state index contributed by atoms with van der Waals surface area (Å²) in [6.45, 7) is 4.39. The Morgan fingerprint density at radius 2 is 0.925 bits per heavy atom. The Morgan fingerprint density at radius 3 is 1.27 bits per heavy atom. The van der Waals surface area contributed by atoms with Gasteiger partial charge in [0.25, 0.3) is 0 Å². The number of carboxylic acids is 2. The first-order valence-corrected chi connectivity index (χ1v) is 18.0. The fourth-order valence-corrected chi connectivity index (χ4v) is 6.77. The molecule has 234 valence electrons. The number of hydrogen-bond donors (Lipinski definition) is 3. The van der Waals surface area contributed by atoms with E-state index >= 15 is 0 Å². The van der Waals surface area contributed by atoms with E-state index in [0.717, 1.165) is 65.0 Å². The zero-order valence-corrected chi connectivity index (χ0v) is 26.7. The number of aliphatic carboxylic acids is 2. The second-order valence-corrected chi connectivity index (χ2v) is 13.2. The van der Waals surface area contributed by atoms with Gasteiger partial charge in [0.05, 0.1) is 0 Å². The third-order valence-corrected chi connectivity index (χ3v) is 9.43. The van der Waals surface area contributed by atoms with Gasteiger partial charge in [0.2, 0.25) is 11.8 Å². The SMILES string of the molecule is CCCCCCCCCCCC(=O)N(C(=O)CCCCCCCCCCC)[C@@H](CSSC[C@H](N)C(=O)O)C(=O)O. The Labute approximate surface area is 250 Å². The molecule has 0 aromatic rings. The maximum atomic E-state index is 13.2. The molecule has 0 rings (SSSR count). The maximum Gasteiger partial charge on any atom is 0.327 e. The van der Waals surface area contributed by atoms with Gasteiger partial charge in [-0.15, -0.1) is 0 Å². The predicted octanol–water partition coefficient (Wildman–Crippen LogP) is 7.43. The highest BCUT2D eigenvalue weighted by molar-refractivity contribution is 8.76. The van der Waals surface area contributed by atoms with Crippen LogP contribution in [0.5, 0.6) is 0 Å². The number of unbranched alkanes of at least 4 members (excludes halogenated alkanes) is 16. The van der Waals surface area contributed by atoms with Crippen LogP contribution in [0.3, 0.4) is 0 Å². The molecule has 0 fully saturated rings. The summed E-state index contributed by atoms with van der Waals surface area (Å²) in [5.74, 6) is -3.12. The summed E-state index contributed by atoms with van der Waals surface area (Å²) in [7, 11) is 2.27. The maximum absolute atomic E-state index is 13.2. The van der Waals surface area contributed by atoms with E-state index in [0.29, 0.717) is 12.8 Å². The molecule has 0 aliphatic heterocycles. The summed E-state index contributed by atoms with van der Waals surface area (Å²) >= 11 is 0. The minimum atomic E-state index is -1.28. The highest BCUT2D eigenvalue weighted by atomic mass is 33.1. The Balaban J connectivity index is 4.86. The van der Waals surface area contributed by atoms with Crippen molar-refractivity contribution in [2.45, 2.75) is 154 Å². The van der Waals surface area contributed by atoms with Crippen molar-refractivity contribution < 1.29 is 29.4 Å². The Kier molecular flexibility index (Phi) is 25.8. The molecule has 2 atom stereocenters. The fourth-order valence-electron chi connectivity index (χ4n) is 4.46. The quantitative estimate of drug-likeness (QED) is 0.0614. The van der Waals surface area contributed by atoms with E-state index in [1.165, 1.54) is 64.2 Å². The third kappa shape index (κ3) is 20.6. The van der Waals surface area contributed by atoms with Crippen molar-refractivity contribution in [2.24, 2.45) is 5.73 Å². The number of carbonyl (C=O) groups is 4. The second-order valence-electron chi connectivity index (χ2n) is 10.7. The smallest absolute Gasteiger partial charge is 0.327 e. The molecule has 0 bridgehead atoms. The summed E-state index contributed by atoms with van der Waals surface area (Å²) in [6, 6.07) is -2.34. The molecule has 0 aromatic carbocycles. The van der Waals surface area contributed by atoms with E-state index in [1.807, 2.05) is 0 Å². The summed E-state index contributed by atoms with van der Waals surface area (Å²) < 4.78 is 0. The molecule has 10 heteroatoms. The summed E-state index contributed by atoms with van der Waals surface area (Å²) in [5, 5.41) is 18.9. The number of rotatable bonds is 28. The van der Waals surface area contributed by atoms with Crippen LogP contribution < -0.4 is 5.73 Å². The molecule has 0 aliphatic carbocycles. The molecule has 8 nitrogen and oxygen atoms in total. The molecular weight excluding hydrogens is 548 g/mol. The Morgan fingerprint density at radius 1 is 0.575 bits per heavy atom. The van der Waals surface area contributed by atoms with Gasteiger partial charge in [-0.05, 0) is 12.8 Å². The van der Waals surface area contributed by atoms with Gasteiger partial charge in [0.15, 0.2) is 0 Å². The lowest BCUT2D eigenvalue weighted by Crippen LogP contribution is -2.50. The number of carboxylic acid groups (broad SMARTS) is 2. The van der Waals surface area contributed by atoms with Gasteiger partial charge in [-0.25, -0.2) is 4.79 Å². The molecular formula is C30H56N2O6S2. The number of hydrogen-bond acceptors (Lipinski definition) is 7. The fraction of sp³-hybridized carbons (Fsp3) is 0.867. The normalized spacial score (nSPS) is 12.7. The van der Waals surface area contributed by atoms with Crippen molar-refractivity contribution in [3.05, 3.63) is 0 Å². The minimum Gasteiger partial charge on any atom is -0.480 e. The van der Waals surface area contributed by atoms with Crippen LogP contribution in [-0.4, -0.2) is 62.5 Å². The van der Waals surface area contributed by atoms with E-state index in [1.54, 1.807) is 0 Å². The first-order chi connectivity index (χ1) is 19.3. The monoisotopic (exact) mass is 604 g/mol. The molecule has 0 aliphatic rings. The van der Waals surface area contributed by atoms with Gasteiger partial charge in [0, 0.05) is 24.3 Å². The average Bonchev–Trinajstić information content (AvgIpc) is 2.92. The van der Waals surface area contributed by atoms with Crippen LogP contribution >= 0.6 is 21.6 Å². The van der Waals surface area contributed by atoms with Crippen LogP contribution in [0, 0.1) is 0 Å². The molecule has 4 N–H and O–H groups in total. The van der Waals surface area contributed by atoms with Crippen molar-refractivity contribution in [2.75, 3.05) is 11.5 Å². The standard InChI is InChI=1S/C30H56N2O6S2/c1-3-5-7-9-11-13-15-17-19-21-27(33)32(26(30(37)38)24-40-39-23-25(31)29(35)36)28(34)22-20-18-16-14-12-10-8-6-4-2/h25-26H,3-24,31H2,1-2H3,(H,35,36)(H,37,38)/t25-,26-/m0/s1. The molecule has 0 aromatic heterocycles. The van der Waals surface area contributed by atoms with Crippen LogP contribution in [0.15, 0.2) is 0 Å². The molecule has 0 radical (unpaired) electrons. The molecule has 2 amide bonds. The van der Waals surface area contributed by atoms with Crippen LogP contribution in [0.2, 0.25) is 0 Å². The molecule has 0 unspecified atom stereocenters. The number of nitrogens with two attached hydrogens (primary N) is 1. The summed E-state index contributed by atoms with van der Waals surface area (Å²) in [6.07, 6.45) is 20.1. The first-order valence-electron chi connectivity index (χ1n) is 15.6. The summed E-state index contributed by atoms with van der Waals surface area (Å²) in [4.78, 5) is 50.4. The van der Waals surface area contributed by atoms with Gasteiger partial charge < -0.3 is 15.9 Å². The van der Waals surface area contributed by atoms with Gasteiger partial charge in [-0.1, -0.05) is 138 Å². The van der Waals surface area contributed by atoms with Crippen molar-refractivity contribution in [1.29, 1.82) is 0 Å². The number of imide groups is 1. The van der Waals surface area contributed by atoms with E-state index in [4.69, 9.17) is 10.8 Å². The van der Waals surface area contributed by atoms with Crippen LogP contribution in [-0.2, 0) is 19.2 Å². The number of nitrogens with zero attached hydrogens (tertiary/aromatic N) is 1. The topological polar surface area (TPSA) is 138 Å². The largest absolute Gasteiger partial charge is 0.480 e. The van der Waals surface area contributed by atoms with Crippen LogP contribution in [0.25, 0.3) is 0 Å². The zero-order valence-electron chi connectivity index (χ0n) is 25.1. The van der Waals surface area contributed by atoms with Crippen molar-refractivity contribution in [3.63, 3.8) is 0 Å². The van der Waals surface area contributed by atoms with E-state index in [-0.39, 0.29) is 24.3 Å². The van der Waals surface area contributed by atoms with Crippen LogP contribution in [0.4, 0.5) is 0 Å². The van der Waals surface area contributed by atoms with Gasteiger partial charge >= 0.3 is 11.9 Å². The van der Waals surface area contributed by atoms with Crippen molar-refractivity contribution in [3.8, 4) is 0 Å². The second kappa shape index (κ2) is 26.6. The molecule has 0 heterocycles. The van der Waals surface area contributed by atoms with Crippen molar-refractivity contribution >= 4 is 45.3 Å². The molecule has 0 spiro atoms. The van der Waals surface area contributed by atoms with E-state index < -0.39 is 35.8 Å². The highest BCUT2D eigenvalue weighted by Gasteiger charge is 2.34. The Bertz CT molecular complexity index is 661. The van der Waals surface area contributed by atoms with E-state index in [2.05, 4.69) is 13.8 Å². The number of carbonyl (C=O) groups excluding carboxylic acids is 2. The van der Waals surface area contributed by atoms with Crippen LogP contribution in [0.1, 0.15) is 142 Å². The Hall–Kier alpha value is -1.26. The van der Waals surface area contributed by atoms with Gasteiger partial charge in [0.1, 0.15) is 12.1 Å².